The number of aryl methyl sites for hydroxylation is 1. The number of benzene rings is 2. The lowest BCUT2D eigenvalue weighted by atomic mass is 9.81. The van der Waals surface area contributed by atoms with E-state index in [1.165, 1.54) is 0 Å². The molecule has 0 saturated heterocycles. The van der Waals surface area contributed by atoms with E-state index in [9.17, 15) is 4.79 Å². The zero-order valence-corrected chi connectivity index (χ0v) is 18.8. The summed E-state index contributed by atoms with van der Waals surface area (Å²) in [5, 5.41) is 5.45. The number of carbonyl (C=O) groups is 1. The van der Waals surface area contributed by atoms with E-state index >= 15 is 0 Å². The zero-order chi connectivity index (χ0) is 22.4. The second-order valence-electron chi connectivity index (χ2n) is 7.96. The van der Waals surface area contributed by atoms with Crippen LogP contribution in [0.3, 0.4) is 0 Å². The summed E-state index contributed by atoms with van der Waals surface area (Å²) in [6.07, 6.45) is 2.74. The molecule has 7 heteroatoms. The quantitative estimate of drug-likeness (QED) is 0.425. The summed E-state index contributed by atoms with van der Waals surface area (Å²) in [6, 6.07) is 13.4. The van der Waals surface area contributed by atoms with Crippen LogP contribution in [-0.4, -0.2) is 34.6 Å². The van der Waals surface area contributed by atoms with Gasteiger partial charge in [0.05, 0.1) is 31.2 Å². The van der Waals surface area contributed by atoms with Crippen LogP contribution in [0.25, 0.3) is 16.8 Å². The Hall–Kier alpha value is -3.38. The molecule has 0 amide bonds. The number of nitrogens with zero attached hydrogens (tertiary/aromatic N) is 3. The Bertz CT molecular complexity index is 1350. The molecule has 32 heavy (non-hydrogen) atoms. The summed E-state index contributed by atoms with van der Waals surface area (Å²) < 4.78 is 12.8. The molecule has 0 radical (unpaired) electrons. The SMILES string of the molecule is COc1ccc(C2CC(=O)c3cnc4c(-c5ccc(Cl)cc5)c(C)nn4c3C2)c(OC)c1. The highest BCUT2D eigenvalue weighted by molar-refractivity contribution is 6.30. The predicted octanol–water partition coefficient (Wildman–Crippen LogP) is 5.29. The summed E-state index contributed by atoms with van der Waals surface area (Å²) in [4.78, 5) is 17.7. The van der Waals surface area contributed by atoms with Crippen LogP contribution in [0.5, 0.6) is 11.5 Å². The van der Waals surface area contributed by atoms with E-state index < -0.39 is 0 Å². The minimum Gasteiger partial charge on any atom is -0.497 e. The van der Waals surface area contributed by atoms with Crippen molar-refractivity contribution < 1.29 is 14.3 Å². The Kier molecular flexibility index (Phi) is 5.10. The number of hydrogen-bond donors (Lipinski definition) is 0. The average molecular weight is 448 g/mol. The minimum absolute atomic E-state index is 0.0232. The van der Waals surface area contributed by atoms with Crippen molar-refractivity contribution in [1.29, 1.82) is 0 Å². The molecule has 2 aromatic heterocycles. The van der Waals surface area contributed by atoms with E-state index in [1.807, 2.05) is 53.9 Å². The van der Waals surface area contributed by atoms with Crippen LogP contribution < -0.4 is 9.47 Å². The first-order chi connectivity index (χ1) is 15.5. The van der Waals surface area contributed by atoms with Gasteiger partial charge in [-0.15, -0.1) is 0 Å². The summed E-state index contributed by atoms with van der Waals surface area (Å²) in [5.41, 5.74) is 6.01. The molecule has 2 aromatic carbocycles. The third kappa shape index (κ3) is 3.31. The van der Waals surface area contributed by atoms with E-state index in [2.05, 4.69) is 4.98 Å². The Balaban J connectivity index is 1.63. The number of Topliss-reactive ketones (excluding diaryl/α,β-unsaturated/α-hetero) is 1. The smallest absolute Gasteiger partial charge is 0.166 e. The van der Waals surface area contributed by atoms with Gasteiger partial charge in [-0.25, -0.2) is 9.50 Å². The number of fused-ring (bicyclic) bond motifs is 3. The maximum Gasteiger partial charge on any atom is 0.166 e. The van der Waals surface area contributed by atoms with Crippen molar-refractivity contribution in [2.24, 2.45) is 0 Å². The molecule has 5 rings (SSSR count). The monoisotopic (exact) mass is 447 g/mol. The van der Waals surface area contributed by atoms with Gasteiger partial charge < -0.3 is 9.47 Å². The summed E-state index contributed by atoms with van der Waals surface area (Å²) in [5.74, 6) is 1.47. The highest BCUT2D eigenvalue weighted by Gasteiger charge is 2.31. The largest absolute Gasteiger partial charge is 0.497 e. The second kappa shape index (κ2) is 7.95. The first-order valence-electron chi connectivity index (χ1n) is 10.4. The van der Waals surface area contributed by atoms with Gasteiger partial charge in [-0.3, -0.25) is 4.79 Å². The normalized spacial score (nSPS) is 15.6. The lowest BCUT2D eigenvalue weighted by molar-refractivity contribution is 0.0961. The fourth-order valence-corrected chi connectivity index (χ4v) is 4.66. The Labute approximate surface area is 190 Å². The minimum atomic E-state index is -0.0232. The van der Waals surface area contributed by atoms with Crippen LogP contribution in [0, 0.1) is 6.92 Å². The lowest BCUT2D eigenvalue weighted by Gasteiger charge is -2.25. The van der Waals surface area contributed by atoms with Gasteiger partial charge in [-0.1, -0.05) is 29.8 Å². The molecular weight excluding hydrogens is 426 g/mol. The lowest BCUT2D eigenvalue weighted by Crippen LogP contribution is -2.23. The van der Waals surface area contributed by atoms with Crippen LogP contribution in [0.1, 0.15) is 39.6 Å². The number of carbonyl (C=O) groups excluding carboxylic acids is 1. The number of rotatable bonds is 4. The van der Waals surface area contributed by atoms with Crippen molar-refractivity contribution >= 4 is 23.0 Å². The molecule has 6 nitrogen and oxygen atoms in total. The third-order valence-corrected chi connectivity index (χ3v) is 6.36. The molecule has 2 heterocycles. The maximum absolute atomic E-state index is 13.1. The van der Waals surface area contributed by atoms with Gasteiger partial charge in [0.2, 0.25) is 0 Å². The molecular formula is C25H22ClN3O3. The van der Waals surface area contributed by atoms with E-state index in [-0.39, 0.29) is 11.7 Å². The molecule has 4 aromatic rings. The second-order valence-corrected chi connectivity index (χ2v) is 8.39. The van der Waals surface area contributed by atoms with Crippen LogP contribution in [-0.2, 0) is 6.42 Å². The van der Waals surface area contributed by atoms with Crippen molar-refractivity contribution in [3.63, 3.8) is 0 Å². The maximum atomic E-state index is 13.1. The van der Waals surface area contributed by atoms with E-state index in [0.717, 1.165) is 45.2 Å². The van der Waals surface area contributed by atoms with Gasteiger partial charge in [-0.05, 0) is 42.7 Å². The topological polar surface area (TPSA) is 65.7 Å². The molecule has 1 aliphatic rings. The van der Waals surface area contributed by atoms with Gasteiger partial charge in [0.25, 0.3) is 0 Å². The molecule has 0 fully saturated rings. The average Bonchev–Trinajstić information content (AvgIpc) is 3.15. The third-order valence-electron chi connectivity index (χ3n) is 6.10. The van der Waals surface area contributed by atoms with Crippen molar-refractivity contribution in [2.45, 2.75) is 25.7 Å². The Morgan fingerprint density at radius 2 is 1.84 bits per heavy atom. The number of halogens is 1. The van der Waals surface area contributed by atoms with Crippen LogP contribution in [0.4, 0.5) is 0 Å². The van der Waals surface area contributed by atoms with Gasteiger partial charge >= 0.3 is 0 Å². The van der Waals surface area contributed by atoms with Crippen molar-refractivity contribution in [3.05, 3.63) is 76.2 Å². The molecule has 1 aliphatic carbocycles. The number of ether oxygens (including phenoxy) is 2. The molecule has 0 bridgehead atoms. The predicted molar refractivity (Wildman–Crippen MR) is 123 cm³/mol. The van der Waals surface area contributed by atoms with Gasteiger partial charge in [0.15, 0.2) is 11.4 Å². The molecule has 0 spiro atoms. The number of aromatic nitrogens is 3. The standard InChI is InChI=1S/C25H22ClN3O3/c1-14-24(15-4-6-17(26)7-5-15)25-27-13-20-21(29(25)28-14)10-16(11-22(20)30)19-9-8-18(31-2)12-23(19)32-3/h4-9,12-13,16H,10-11H2,1-3H3. The number of hydrogen-bond acceptors (Lipinski definition) is 5. The fourth-order valence-electron chi connectivity index (χ4n) is 4.54. The molecule has 0 N–H and O–H groups in total. The fraction of sp³-hybridized carbons (Fsp3) is 0.240. The Morgan fingerprint density at radius 1 is 1.06 bits per heavy atom. The van der Waals surface area contributed by atoms with Crippen LogP contribution >= 0.6 is 11.6 Å². The van der Waals surface area contributed by atoms with Crippen LogP contribution in [0.2, 0.25) is 5.02 Å². The van der Waals surface area contributed by atoms with Crippen LogP contribution in [0.15, 0.2) is 48.7 Å². The van der Waals surface area contributed by atoms with E-state index in [1.54, 1.807) is 20.4 Å². The van der Waals surface area contributed by atoms with E-state index in [0.29, 0.717) is 23.4 Å². The number of ketones is 1. The van der Waals surface area contributed by atoms with Gasteiger partial charge in [0.1, 0.15) is 11.5 Å². The highest BCUT2D eigenvalue weighted by atomic mass is 35.5. The van der Waals surface area contributed by atoms with Crippen molar-refractivity contribution in [1.82, 2.24) is 14.6 Å². The summed E-state index contributed by atoms with van der Waals surface area (Å²) >= 11 is 6.07. The zero-order valence-electron chi connectivity index (χ0n) is 18.1. The van der Waals surface area contributed by atoms with Gasteiger partial charge in [0, 0.05) is 35.2 Å². The van der Waals surface area contributed by atoms with E-state index in [4.69, 9.17) is 26.2 Å². The molecule has 0 aliphatic heterocycles. The molecule has 1 unspecified atom stereocenters. The van der Waals surface area contributed by atoms with Crippen molar-refractivity contribution in [3.8, 4) is 22.6 Å². The molecule has 0 saturated carbocycles. The Morgan fingerprint density at radius 3 is 2.56 bits per heavy atom. The molecule has 162 valence electrons. The first kappa shape index (κ1) is 20.5. The summed E-state index contributed by atoms with van der Waals surface area (Å²) in [6.45, 7) is 1.96. The van der Waals surface area contributed by atoms with Crippen molar-refractivity contribution in [2.75, 3.05) is 14.2 Å². The number of methoxy groups -OCH3 is 2. The summed E-state index contributed by atoms with van der Waals surface area (Å²) in [7, 11) is 3.26. The first-order valence-corrected chi connectivity index (χ1v) is 10.8. The van der Waals surface area contributed by atoms with Gasteiger partial charge in [-0.2, -0.15) is 5.10 Å². The molecule has 1 atom stereocenters. The highest BCUT2D eigenvalue weighted by Crippen LogP contribution is 2.39.